The van der Waals surface area contributed by atoms with Gasteiger partial charge in [0, 0.05) is 28.7 Å². The van der Waals surface area contributed by atoms with Gasteiger partial charge >= 0.3 is 6.18 Å². The number of nitrogens with zero attached hydrogens (tertiary/aromatic N) is 1. The minimum Gasteiger partial charge on any atom is -0.313 e. The molecule has 0 spiro atoms. The Morgan fingerprint density at radius 3 is 2.24 bits per heavy atom. The molecule has 0 aliphatic rings. The van der Waals surface area contributed by atoms with Crippen molar-refractivity contribution in [1.29, 1.82) is 0 Å². The van der Waals surface area contributed by atoms with Crippen molar-refractivity contribution >= 4 is 34.0 Å². The summed E-state index contributed by atoms with van der Waals surface area (Å²) in [7, 11) is 1.58. The van der Waals surface area contributed by atoms with E-state index in [9.17, 15) is 18.0 Å². The van der Waals surface area contributed by atoms with Crippen LogP contribution in [0, 0.1) is 0 Å². The maximum Gasteiger partial charge on any atom is 0.416 e. The molecule has 0 amide bonds. The van der Waals surface area contributed by atoms with Crippen LogP contribution >= 0.6 is 23.2 Å². The summed E-state index contributed by atoms with van der Waals surface area (Å²) in [6, 6.07) is 9.59. The van der Waals surface area contributed by atoms with E-state index in [0.29, 0.717) is 32.6 Å². The molecule has 2 nitrogen and oxygen atoms in total. The maximum atomic E-state index is 12.8. The highest BCUT2D eigenvalue weighted by Crippen LogP contribution is 2.35. The lowest BCUT2D eigenvalue weighted by molar-refractivity contribution is -0.137. The average Bonchev–Trinajstić information content (AvgIpc) is 2.57. The summed E-state index contributed by atoms with van der Waals surface area (Å²) >= 11 is 12.1. The first-order chi connectivity index (χ1) is 11.7. The van der Waals surface area contributed by atoms with E-state index in [1.54, 1.807) is 25.2 Å². The molecule has 0 saturated carbocycles. The van der Waals surface area contributed by atoms with E-state index in [4.69, 9.17) is 23.2 Å². The Bertz CT molecular complexity index is 1010. The number of pyridine rings is 1. The number of rotatable bonds is 2. The van der Waals surface area contributed by atoms with Crippen molar-refractivity contribution in [2.24, 2.45) is 7.05 Å². The smallest absolute Gasteiger partial charge is 0.313 e. The first-order valence-corrected chi connectivity index (χ1v) is 8.20. The maximum absolute atomic E-state index is 12.8. The van der Waals surface area contributed by atoms with Crippen LogP contribution in [0.2, 0.25) is 5.02 Å². The van der Waals surface area contributed by atoms with Gasteiger partial charge in [-0.2, -0.15) is 13.2 Å². The van der Waals surface area contributed by atoms with Crippen molar-refractivity contribution in [2.75, 3.05) is 0 Å². The van der Waals surface area contributed by atoms with E-state index in [0.717, 1.165) is 12.1 Å². The van der Waals surface area contributed by atoms with Gasteiger partial charge in [-0.05, 0) is 41.3 Å². The predicted octanol–water partition coefficient (Wildman–Crippen LogP) is 5.62. The summed E-state index contributed by atoms with van der Waals surface area (Å²) in [4.78, 5) is 12.5. The summed E-state index contributed by atoms with van der Waals surface area (Å²) in [5.41, 5.74) is 0.671. The van der Waals surface area contributed by atoms with Gasteiger partial charge in [0.1, 0.15) is 0 Å². The predicted molar refractivity (Wildman–Crippen MR) is 94.2 cm³/mol. The molecule has 130 valence electrons. The minimum atomic E-state index is -4.41. The molecular formula is C18H12Cl2F3NO. The molecule has 2 aromatic carbocycles. The van der Waals surface area contributed by atoms with Gasteiger partial charge in [-0.1, -0.05) is 23.7 Å². The second-order valence-corrected chi connectivity index (χ2v) is 6.29. The molecule has 0 atom stereocenters. The second kappa shape index (κ2) is 6.39. The lowest BCUT2D eigenvalue weighted by Gasteiger charge is -2.17. The molecule has 0 bridgehead atoms. The van der Waals surface area contributed by atoms with Gasteiger partial charge in [0.15, 0.2) is 0 Å². The van der Waals surface area contributed by atoms with Gasteiger partial charge in [-0.3, -0.25) is 4.79 Å². The number of benzene rings is 2. The number of alkyl halides is 4. The average molecular weight is 386 g/mol. The Morgan fingerprint density at radius 1 is 1.04 bits per heavy atom. The van der Waals surface area contributed by atoms with Gasteiger partial charge in [0.25, 0.3) is 5.56 Å². The number of fused-ring (bicyclic) bond motifs is 1. The molecule has 1 heterocycles. The van der Waals surface area contributed by atoms with Crippen molar-refractivity contribution in [3.05, 3.63) is 69.1 Å². The summed E-state index contributed by atoms with van der Waals surface area (Å²) in [5, 5.41) is 1.41. The molecule has 3 rings (SSSR count). The zero-order chi connectivity index (χ0) is 18.4. The van der Waals surface area contributed by atoms with E-state index in [2.05, 4.69) is 0 Å². The van der Waals surface area contributed by atoms with Crippen LogP contribution in [0.1, 0.15) is 11.3 Å². The number of aromatic nitrogens is 1. The number of halogens is 5. The Morgan fingerprint density at radius 2 is 1.68 bits per heavy atom. The standard InChI is InChI=1S/C18H12Cl2F3NO/c1-24-15(9-19)16(10-2-4-11(5-3-10)18(21,22)23)14-8-12(20)6-7-13(14)17(24)25/h2-8H,9H2,1H3. The van der Waals surface area contributed by atoms with E-state index in [-0.39, 0.29) is 11.4 Å². The largest absolute Gasteiger partial charge is 0.416 e. The third-order valence-corrected chi connectivity index (χ3v) is 4.60. The second-order valence-electron chi connectivity index (χ2n) is 5.58. The quantitative estimate of drug-likeness (QED) is 0.525. The third-order valence-electron chi connectivity index (χ3n) is 4.11. The molecule has 0 fully saturated rings. The van der Waals surface area contributed by atoms with Crippen LogP contribution < -0.4 is 5.56 Å². The Kier molecular flexibility index (Phi) is 4.56. The number of hydrogen-bond donors (Lipinski definition) is 0. The zero-order valence-electron chi connectivity index (χ0n) is 13.0. The van der Waals surface area contributed by atoms with E-state index < -0.39 is 11.7 Å². The Balaban J connectivity index is 2.36. The highest BCUT2D eigenvalue weighted by atomic mass is 35.5. The molecule has 7 heteroatoms. The molecule has 0 N–H and O–H groups in total. The minimum absolute atomic E-state index is 0.0323. The van der Waals surface area contributed by atoms with Crippen LogP contribution in [0.3, 0.4) is 0 Å². The Labute approximate surface area is 151 Å². The molecule has 0 saturated heterocycles. The highest BCUT2D eigenvalue weighted by Gasteiger charge is 2.30. The molecule has 0 aliphatic carbocycles. The van der Waals surface area contributed by atoms with E-state index >= 15 is 0 Å². The first-order valence-electron chi connectivity index (χ1n) is 7.28. The molecule has 3 aromatic rings. The molecular weight excluding hydrogens is 374 g/mol. The van der Waals surface area contributed by atoms with Crippen molar-refractivity contribution < 1.29 is 13.2 Å². The van der Waals surface area contributed by atoms with Crippen LogP contribution in [0.15, 0.2) is 47.3 Å². The first kappa shape index (κ1) is 17.8. The normalized spacial score (nSPS) is 11.9. The summed E-state index contributed by atoms with van der Waals surface area (Å²) in [6.07, 6.45) is -4.41. The molecule has 0 unspecified atom stereocenters. The van der Waals surface area contributed by atoms with Gasteiger partial charge in [-0.25, -0.2) is 0 Å². The van der Waals surface area contributed by atoms with Crippen LogP contribution in [-0.4, -0.2) is 4.57 Å². The van der Waals surface area contributed by atoms with E-state index in [1.807, 2.05) is 0 Å². The van der Waals surface area contributed by atoms with Gasteiger partial charge in [0.05, 0.1) is 11.4 Å². The van der Waals surface area contributed by atoms with Crippen LogP contribution in [0.4, 0.5) is 13.2 Å². The molecule has 25 heavy (non-hydrogen) atoms. The van der Waals surface area contributed by atoms with Crippen LogP contribution in [0.25, 0.3) is 21.9 Å². The SMILES string of the molecule is Cn1c(CCl)c(-c2ccc(C(F)(F)F)cc2)c2cc(Cl)ccc2c1=O. The molecule has 0 aliphatic heterocycles. The summed E-state index contributed by atoms with van der Waals surface area (Å²) in [5.74, 6) is 0.0323. The number of hydrogen-bond acceptors (Lipinski definition) is 1. The van der Waals surface area contributed by atoms with E-state index in [1.165, 1.54) is 16.7 Å². The van der Waals surface area contributed by atoms with Crippen LogP contribution in [0.5, 0.6) is 0 Å². The molecule has 0 radical (unpaired) electrons. The summed E-state index contributed by atoms with van der Waals surface area (Å²) < 4.78 is 39.8. The van der Waals surface area contributed by atoms with Crippen LogP contribution in [-0.2, 0) is 19.1 Å². The van der Waals surface area contributed by atoms with Gasteiger partial charge in [0.2, 0.25) is 0 Å². The monoisotopic (exact) mass is 385 g/mol. The lowest BCUT2D eigenvalue weighted by atomic mass is 9.96. The fourth-order valence-corrected chi connectivity index (χ4v) is 3.33. The zero-order valence-corrected chi connectivity index (χ0v) is 14.5. The highest BCUT2D eigenvalue weighted by molar-refractivity contribution is 6.31. The van der Waals surface area contributed by atoms with Crippen molar-refractivity contribution in [3.63, 3.8) is 0 Å². The lowest BCUT2D eigenvalue weighted by Crippen LogP contribution is -2.21. The molecule has 1 aromatic heterocycles. The summed E-state index contributed by atoms with van der Waals surface area (Å²) in [6.45, 7) is 0. The topological polar surface area (TPSA) is 22.0 Å². The third kappa shape index (κ3) is 3.14. The van der Waals surface area contributed by atoms with Crippen molar-refractivity contribution in [1.82, 2.24) is 4.57 Å². The van der Waals surface area contributed by atoms with Gasteiger partial charge in [-0.15, -0.1) is 11.6 Å². The fraction of sp³-hybridized carbons (Fsp3) is 0.167. The Hall–Kier alpha value is -1.98. The van der Waals surface area contributed by atoms with Crippen molar-refractivity contribution in [2.45, 2.75) is 12.1 Å². The fourth-order valence-electron chi connectivity index (χ4n) is 2.84. The van der Waals surface area contributed by atoms with Crippen molar-refractivity contribution in [3.8, 4) is 11.1 Å². The van der Waals surface area contributed by atoms with Gasteiger partial charge < -0.3 is 4.57 Å².